The standard InChI is InChI=1S/C32H35N3O10S/c1-13-6-16-7-17-18(8-33)35-19-9-41-32(38)20(37)10-46-31(25(35)24(34-17)21(16)29(26(13)40-5)42-11-39-4)23-22(19)30-28(43-12-44-30)14(2)27(23)45-15(3)36/h6,17-20,24-25,31,34,37H,7,9-12H2,1-5H3/t17-,18-,19-,20+,24-,25?,31+/m0/s1. The van der Waals surface area contributed by atoms with Crippen LogP contribution in [0.4, 0.5) is 0 Å². The number of aliphatic hydroxyl groups excluding tert-OH is 1. The third kappa shape index (κ3) is 4.59. The Morgan fingerprint density at radius 1 is 1.15 bits per heavy atom. The molecule has 2 aromatic rings. The van der Waals surface area contributed by atoms with Gasteiger partial charge in [0.1, 0.15) is 18.4 Å². The van der Waals surface area contributed by atoms with Crippen molar-refractivity contribution in [2.24, 2.45) is 0 Å². The van der Waals surface area contributed by atoms with Crippen LogP contribution in [-0.4, -0.2) is 86.3 Å². The average molecular weight is 654 g/mol. The number of nitrogens with one attached hydrogen (secondary N) is 1. The molecule has 4 bridgehead atoms. The first-order valence-corrected chi connectivity index (χ1v) is 16.1. The Hall–Kier alpha value is -3.74. The van der Waals surface area contributed by atoms with Crippen molar-refractivity contribution in [2.75, 3.05) is 40.2 Å². The number of nitrogens with zero attached hydrogens (tertiary/aromatic N) is 2. The van der Waals surface area contributed by atoms with E-state index in [2.05, 4.69) is 22.4 Å². The first kappa shape index (κ1) is 30.9. The van der Waals surface area contributed by atoms with Gasteiger partial charge in [-0.2, -0.15) is 5.26 Å². The SMILES string of the molecule is COCOc1c(OC)c(C)cc2c1[C@@H]1N[C@@H](C2)[C@H](C#N)N2C1[C@@H]1SC[C@@H](O)C(=O)OC[C@H]2c2c3c(c(C)c(OC(C)=O)c21)OCO3. The number of aryl methyl sites for hydroxylation is 1. The molecule has 1 unspecified atom stereocenters. The molecule has 5 heterocycles. The minimum atomic E-state index is -1.38. The number of esters is 2. The molecule has 14 heteroatoms. The number of methoxy groups -OCH3 is 2. The van der Waals surface area contributed by atoms with Gasteiger partial charge in [-0.1, -0.05) is 6.07 Å². The first-order valence-electron chi connectivity index (χ1n) is 15.1. The van der Waals surface area contributed by atoms with Gasteiger partial charge in [-0.15, -0.1) is 11.8 Å². The van der Waals surface area contributed by atoms with Crippen LogP contribution in [0.3, 0.4) is 0 Å². The van der Waals surface area contributed by atoms with Crippen LogP contribution in [0.25, 0.3) is 0 Å². The Labute approximate surface area is 269 Å². The third-order valence-electron chi connectivity index (χ3n) is 9.43. The molecule has 0 saturated carbocycles. The zero-order chi connectivity index (χ0) is 32.4. The van der Waals surface area contributed by atoms with Gasteiger partial charge in [-0.05, 0) is 31.4 Å². The lowest BCUT2D eigenvalue weighted by Crippen LogP contribution is -2.69. The molecular weight excluding hydrogens is 618 g/mol. The van der Waals surface area contributed by atoms with Crippen LogP contribution >= 0.6 is 11.8 Å². The molecular formula is C32H35N3O10S. The fourth-order valence-electron chi connectivity index (χ4n) is 7.80. The Bertz CT molecular complexity index is 1660. The van der Waals surface area contributed by atoms with Crippen LogP contribution in [0.2, 0.25) is 0 Å². The van der Waals surface area contributed by atoms with Gasteiger partial charge < -0.3 is 43.6 Å². The van der Waals surface area contributed by atoms with Gasteiger partial charge in [0.05, 0.1) is 30.5 Å². The van der Waals surface area contributed by atoms with E-state index < -0.39 is 47.5 Å². The highest BCUT2D eigenvalue weighted by Gasteiger charge is 2.59. The number of rotatable bonds is 5. The highest BCUT2D eigenvalue weighted by molar-refractivity contribution is 7.99. The fraction of sp³-hybridized carbons (Fsp3) is 0.531. The smallest absolute Gasteiger partial charge is 0.335 e. The highest BCUT2D eigenvalue weighted by Crippen LogP contribution is 2.62. The average Bonchev–Trinajstić information content (AvgIpc) is 3.53. The van der Waals surface area contributed by atoms with Crippen LogP contribution in [0.15, 0.2) is 6.07 Å². The van der Waals surface area contributed by atoms with Crippen LogP contribution in [-0.2, 0) is 25.5 Å². The molecule has 0 radical (unpaired) electrons. The summed E-state index contributed by atoms with van der Waals surface area (Å²) in [6.07, 6.45) is -0.853. The Kier molecular flexibility index (Phi) is 7.93. The van der Waals surface area contributed by atoms with Crippen LogP contribution < -0.4 is 29.0 Å². The summed E-state index contributed by atoms with van der Waals surface area (Å²) in [7, 11) is 3.14. The summed E-state index contributed by atoms with van der Waals surface area (Å²) in [6, 6.07) is 2.09. The zero-order valence-corrected chi connectivity index (χ0v) is 26.9. The number of ether oxygens (including phenoxy) is 7. The molecule has 0 aliphatic carbocycles. The quantitative estimate of drug-likeness (QED) is 0.276. The van der Waals surface area contributed by atoms with E-state index in [4.69, 9.17) is 33.2 Å². The molecule has 7 rings (SSSR count). The zero-order valence-electron chi connectivity index (χ0n) is 26.1. The van der Waals surface area contributed by atoms with Gasteiger partial charge in [0.15, 0.2) is 35.9 Å². The number of hydrogen-bond acceptors (Lipinski definition) is 14. The van der Waals surface area contributed by atoms with Crippen LogP contribution in [0, 0.1) is 25.2 Å². The Morgan fingerprint density at radius 2 is 1.93 bits per heavy atom. The summed E-state index contributed by atoms with van der Waals surface area (Å²) in [6.45, 7) is 4.87. The molecule has 46 heavy (non-hydrogen) atoms. The number of thioether (sulfide) groups is 1. The molecule has 2 aromatic carbocycles. The van der Waals surface area contributed by atoms with Crippen molar-refractivity contribution in [1.82, 2.24) is 10.2 Å². The van der Waals surface area contributed by atoms with Crippen molar-refractivity contribution in [1.29, 1.82) is 5.26 Å². The van der Waals surface area contributed by atoms with Crippen molar-refractivity contribution in [3.8, 4) is 34.8 Å². The minimum Gasteiger partial charge on any atom is -0.493 e. The predicted molar refractivity (Wildman–Crippen MR) is 162 cm³/mol. The molecule has 5 aliphatic rings. The number of cyclic esters (lactones) is 1. The molecule has 2 N–H and O–H groups in total. The van der Waals surface area contributed by atoms with Crippen molar-refractivity contribution >= 4 is 23.7 Å². The van der Waals surface area contributed by atoms with Crippen molar-refractivity contribution in [3.05, 3.63) is 39.4 Å². The molecule has 0 spiro atoms. The number of piperazine rings is 1. The van der Waals surface area contributed by atoms with Gasteiger partial charge in [0.2, 0.25) is 6.79 Å². The summed E-state index contributed by atoms with van der Waals surface area (Å²) < 4.78 is 41.0. The number of hydrogen-bond donors (Lipinski definition) is 2. The summed E-state index contributed by atoms with van der Waals surface area (Å²) in [5.41, 5.74) is 4.70. The maximum absolute atomic E-state index is 12.9. The predicted octanol–water partition coefficient (Wildman–Crippen LogP) is 2.53. The summed E-state index contributed by atoms with van der Waals surface area (Å²) in [5.74, 6) is 1.09. The van der Waals surface area contributed by atoms with Crippen molar-refractivity contribution < 1.29 is 47.9 Å². The second kappa shape index (κ2) is 11.8. The lowest BCUT2D eigenvalue weighted by molar-refractivity contribution is -0.156. The monoisotopic (exact) mass is 653 g/mol. The van der Waals surface area contributed by atoms with Gasteiger partial charge in [-0.25, -0.2) is 4.79 Å². The van der Waals surface area contributed by atoms with E-state index in [0.29, 0.717) is 51.9 Å². The van der Waals surface area contributed by atoms with Crippen LogP contribution in [0.5, 0.6) is 28.7 Å². The first-order chi connectivity index (χ1) is 22.2. The summed E-state index contributed by atoms with van der Waals surface area (Å²) in [5, 5.41) is 24.8. The molecule has 5 aliphatic heterocycles. The number of aliphatic hydroxyl groups is 1. The molecule has 7 atom stereocenters. The fourth-order valence-corrected chi connectivity index (χ4v) is 9.22. The van der Waals surface area contributed by atoms with E-state index in [1.807, 2.05) is 13.8 Å². The van der Waals surface area contributed by atoms with E-state index in [-0.39, 0.29) is 32.0 Å². The van der Waals surface area contributed by atoms with Gasteiger partial charge >= 0.3 is 11.9 Å². The summed E-state index contributed by atoms with van der Waals surface area (Å²) in [4.78, 5) is 27.6. The molecule has 2 saturated heterocycles. The lowest BCUT2D eigenvalue weighted by Gasteiger charge is -2.59. The number of nitriles is 1. The Morgan fingerprint density at radius 3 is 2.65 bits per heavy atom. The molecule has 0 amide bonds. The molecule has 244 valence electrons. The number of carbonyl (C=O) groups is 2. The molecule has 2 fully saturated rings. The van der Waals surface area contributed by atoms with E-state index >= 15 is 0 Å². The normalized spacial score (nSPS) is 29.1. The van der Waals surface area contributed by atoms with Gasteiger partial charge in [0.25, 0.3) is 0 Å². The number of benzene rings is 2. The molecule has 13 nitrogen and oxygen atoms in total. The minimum absolute atomic E-state index is 0.00454. The van der Waals surface area contributed by atoms with E-state index in [9.17, 15) is 20.0 Å². The van der Waals surface area contributed by atoms with Gasteiger partial charge in [-0.3, -0.25) is 9.69 Å². The maximum atomic E-state index is 12.9. The van der Waals surface area contributed by atoms with Crippen LogP contribution in [0.1, 0.15) is 57.6 Å². The second-order valence-electron chi connectivity index (χ2n) is 12.0. The second-order valence-corrected chi connectivity index (χ2v) is 13.2. The van der Waals surface area contributed by atoms with Crippen molar-refractivity contribution in [3.63, 3.8) is 0 Å². The topological polar surface area (TPSA) is 158 Å². The van der Waals surface area contributed by atoms with E-state index in [1.165, 1.54) is 18.7 Å². The number of carbonyl (C=O) groups excluding carboxylic acids is 2. The van der Waals surface area contributed by atoms with Crippen molar-refractivity contribution in [2.45, 2.75) is 68.8 Å². The molecule has 0 aromatic heterocycles. The third-order valence-corrected chi connectivity index (χ3v) is 10.8. The number of fused-ring (bicyclic) bond motifs is 9. The lowest BCUT2D eigenvalue weighted by atomic mass is 9.72. The van der Waals surface area contributed by atoms with E-state index in [1.54, 1.807) is 14.2 Å². The Balaban J connectivity index is 1.53. The highest BCUT2D eigenvalue weighted by atomic mass is 32.2. The largest absolute Gasteiger partial charge is 0.493 e. The van der Waals surface area contributed by atoms with Gasteiger partial charge in [0, 0.05) is 54.1 Å². The summed E-state index contributed by atoms with van der Waals surface area (Å²) >= 11 is 1.34. The van der Waals surface area contributed by atoms with E-state index in [0.717, 1.165) is 16.7 Å². The maximum Gasteiger partial charge on any atom is 0.335 e.